The van der Waals surface area contributed by atoms with Gasteiger partial charge in [-0.05, 0) is 50.5 Å². The molecule has 1 heterocycles. The van der Waals surface area contributed by atoms with E-state index in [0.717, 1.165) is 5.56 Å². The Balaban J connectivity index is 0.00000200. The van der Waals surface area contributed by atoms with Crippen molar-refractivity contribution < 1.29 is 8.78 Å². The molecular formula is C15H23ClF2N2. The molecule has 1 aromatic rings. The summed E-state index contributed by atoms with van der Waals surface area (Å²) in [6, 6.07) is 4.47. The highest BCUT2D eigenvalue weighted by Crippen LogP contribution is 2.37. The van der Waals surface area contributed by atoms with E-state index in [1.54, 1.807) is 13.0 Å². The zero-order valence-electron chi connectivity index (χ0n) is 12.2. The molecule has 2 N–H and O–H groups in total. The highest BCUT2D eigenvalue weighted by atomic mass is 35.5. The molecule has 0 bridgehead atoms. The molecule has 0 aliphatic carbocycles. The Morgan fingerprint density at radius 1 is 1.35 bits per heavy atom. The van der Waals surface area contributed by atoms with Crippen LogP contribution >= 0.6 is 12.4 Å². The van der Waals surface area contributed by atoms with Gasteiger partial charge in [-0.2, -0.15) is 0 Å². The summed E-state index contributed by atoms with van der Waals surface area (Å²) in [5.74, 6) is -0.371. The number of likely N-dealkylation sites (tertiary alicyclic amines) is 1. The molecule has 114 valence electrons. The highest BCUT2D eigenvalue weighted by Gasteiger charge is 2.41. The molecule has 0 aromatic heterocycles. The van der Waals surface area contributed by atoms with Gasteiger partial charge in [0, 0.05) is 25.2 Å². The Labute approximate surface area is 125 Å². The zero-order valence-corrected chi connectivity index (χ0v) is 13.1. The molecule has 1 aliphatic rings. The smallest absolute Gasteiger partial charge is 0.149 e. The van der Waals surface area contributed by atoms with E-state index < -0.39 is 5.67 Å². The molecule has 0 radical (unpaired) electrons. The van der Waals surface area contributed by atoms with Crippen molar-refractivity contribution in [2.45, 2.75) is 38.4 Å². The molecule has 2 rings (SSSR count). The third-order valence-electron chi connectivity index (χ3n) is 3.49. The molecule has 1 fully saturated rings. The van der Waals surface area contributed by atoms with Gasteiger partial charge in [-0.25, -0.2) is 8.78 Å². The lowest BCUT2D eigenvalue weighted by Gasteiger charge is -2.27. The molecule has 0 saturated carbocycles. The summed E-state index contributed by atoms with van der Waals surface area (Å²) in [6.07, 6.45) is 0.395. The molecule has 1 unspecified atom stereocenters. The third-order valence-corrected chi connectivity index (χ3v) is 3.49. The summed E-state index contributed by atoms with van der Waals surface area (Å²) < 4.78 is 28.4. The fourth-order valence-corrected chi connectivity index (χ4v) is 2.79. The van der Waals surface area contributed by atoms with Crippen molar-refractivity contribution in [3.63, 3.8) is 0 Å². The maximum Gasteiger partial charge on any atom is 0.149 e. The number of hydrogen-bond donors (Lipinski definition) is 1. The van der Waals surface area contributed by atoms with Crippen LogP contribution in [0.25, 0.3) is 0 Å². The average molecular weight is 305 g/mol. The predicted molar refractivity (Wildman–Crippen MR) is 80.5 cm³/mol. The Kier molecular flexibility index (Phi) is 5.17. The predicted octanol–water partition coefficient (Wildman–Crippen LogP) is 3.16. The first-order chi connectivity index (χ1) is 8.68. The van der Waals surface area contributed by atoms with Crippen LogP contribution in [0.3, 0.4) is 0 Å². The number of alkyl halides is 1. The van der Waals surface area contributed by atoms with Crippen LogP contribution in [0.1, 0.15) is 31.4 Å². The van der Waals surface area contributed by atoms with Crippen molar-refractivity contribution in [1.82, 2.24) is 4.90 Å². The van der Waals surface area contributed by atoms with Crippen LogP contribution in [0.4, 0.5) is 8.78 Å². The van der Waals surface area contributed by atoms with Crippen molar-refractivity contribution in [3.8, 4) is 0 Å². The molecular weight excluding hydrogens is 282 g/mol. The Morgan fingerprint density at radius 2 is 2.00 bits per heavy atom. The van der Waals surface area contributed by atoms with Crippen LogP contribution in [0.5, 0.6) is 0 Å². The van der Waals surface area contributed by atoms with E-state index in [9.17, 15) is 8.78 Å². The quantitative estimate of drug-likeness (QED) is 0.929. The van der Waals surface area contributed by atoms with Crippen molar-refractivity contribution in [2.75, 3.05) is 19.6 Å². The molecule has 1 saturated heterocycles. The molecule has 5 heteroatoms. The van der Waals surface area contributed by atoms with Gasteiger partial charge in [0.15, 0.2) is 0 Å². The van der Waals surface area contributed by atoms with Gasteiger partial charge in [-0.1, -0.05) is 6.07 Å². The van der Waals surface area contributed by atoms with Crippen LogP contribution in [0.2, 0.25) is 0 Å². The van der Waals surface area contributed by atoms with E-state index in [4.69, 9.17) is 5.73 Å². The van der Waals surface area contributed by atoms with Crippen LogP contribution in [-0.2, 0) is 5.67 Å². The first kappa shape index (κ1) is 17.3. The minimum atomic E-state index is -1.46. The minimum Gasteiger partial charge on any atom is -0.324 e. The van der Waals surface area contributed by atoms with Crippen molar-refractivity contribution in [2.24, 2.45) is 5.73 Å². The number of nitrogens with zero attached hydrogens (tertiary/aromatic N) is 1. The van der Waals surface area contributed by atoms with Crippen LogP contribution in [0.15, 0.2) is 18.2 Å². The number of halogens is 3. The first-order valence-electron chi connectivity index (χ1n) is 6.66. The second kappa shape index (κ2) is 5.96. The van der Waals surface area contributed by atoms with E-state index in [1.165, 1.54) is 12.1 Å². The fraction of sp³-hybridized carbons (Fsp3) is 0.600. The molecule has 1 atom stereocenters. The number of rotatable bonds is 3. The Morgan fingerprint density at radius 3 is 2.55 bits per heavy atom. The topological polar surface area (TPSA) is 29.3 Å². The van der Waals surface area contributed by atoms with Gasteiger partial charge in [-0.3, -0.25) is 4.90 Å². The molecule has 0 spiro atoms. The summed E-state index contributed by atoms with van der Waals surface area (Å²) in [5, 5.41) is 0. The summed E-state index contributed by atoms with van der Waals surface area (Å²) in [4.78, 5) is 2.01. The molecule has 1 aliphatic heterocycles. The number of aryl methyl sites for hydroxylation is 1. The first-order valence-corrected chi connectivity index (χ1v) is 6.66. The molecule has 1 aromatic carbocycles. The third kappa shape index (κ3) is 4.14. The second-order valence-electron chi connectivity index (χ2n) is 6.43. The van der Waals surface area contributed by atoms with E-state index in [2.05, 4.69) is 0 Å². The normalized spacial score (nSPS) is 23.7. The number of benzene rings is 1. The van der Waals surface area contributed by atoms with Crippen molar-refractivity contribution in [1.29, 1.82) is 0 Å². The van der Waals surface area contributed by atoms with E-state index >= 15 is 0 Å². The summed E-state index contributed by atoms with van der Waals surface area (Å²) >= 11 is 0. The minimum absolute atomic E-state index is 0. The molecule has 0 amide bonds. The molecule has 20 heavy (non-hydrogen) atoms. The summed E-state index contributed by atoms with van der Waals surface area (Å²) in [6.45, 7) is 7.23. The van der Waals surface area contributed by atoms with Gasteiger partial charge >= 0.3 is 0 Å². The molecule has 2 nitrogen and oxygen atoms in total. The van der Waals surface area contributed by atoms with Crippen LogP contribution in [-0.4, -0.2) is 30.1 Å². The van der Waals surface area contributed by atoms with Crippen LogP contribution < -0.4 is 5.73 Å². The van der Waals surface area contributed by atoms with Gasteiger partial charge in [0.25, 0.3) is 0 Å². The highest BCUT2D eigenvalue weighted by molar-refractivity contribution is 5.85. The van der Waals surface area contributed by atoms with E-state index in [1.807, 2.05) is 18.7 Å². The lowest BCUT2D eigenvalue weighted by Crippen LogP contribution is -2.45. The van der Waals surface area contributed by atoms with Crippen molar-refractivity contribution >= 4 is 12.4 Å². The lowest BCUT2D eigenvalue weighted by molar-refractivity contribution is 0.158. The van der Waals surface area contributed by atoms with Crippen LogP contribution in [0, 0.1) is 12.7 Å². The van der Waals surface area contributed by atoms with Crippen molar-refractivity contribution in [3.05, 3.63) is 35.1 Å². The largest absolute Gasteiger partial charge is 0.324 e. The summed E-state index contributed by atoms with van der Waals surface area (Å²) in [5.41, 5.74) is 5.36. The Bertz CT molecular complexity index is 453. The SMILES string of the molecule is Cc1cc(F)cc(C2(F)CCN(CC(C)(C)N)C2)c1.Cl. The van der Waals surface area contributed by atoms with Gasteiger partial charge < -0.3 is 5.73 Å². The van der Waals surface area contributed by atoms with Gasteiger partial charge in [0.05, 0.1) is 0 Å². The number of hydrogen-bond acceptors (Lipinski definition) is 2. The number of nitrogens with two attached hydrogens (primary N) is 1. The fourth-order valence-electron chi connectivity index (χ4n) is 2.79. The second-order valence-corrected chi connectivity index (χ2v) is 6.43. The van der Waals surface area contributed by atoms with E-state index in [-0.39, 0.29) is 30.3 Å². The standard InChI is InChI=1S/C15H22F2N2.ClH/c1-11-6-12(8-13(16)7-11)15(17)4-5-19(10-15)9-14(2,3)18;/h6-8H,4-5,9-10,18H2,1-3H3;1H. The van der Waals surface area contributed by atoms with E-state index in [0.29, 0.717) is 25.1 Å². The Hall–Kier alpha value is -0.710. The van der Waals surface area contributed by atoms with Gasteiger partial charge in [0.2, 0.25) is 0 Å². The van der Waals surface area contributed by atoms with Gasteiger partial charge in [0.1, 0.15) is 11.5 Å². The average Bonchev–Trinajstić information content (AvgIpc) is 2.57. The lowest BCUT2D eigenvalue weighted by atomic mass is 9.93. The van der Waals surface area contributed by atoms with Gasteiger partial charge in [-0.15, -0.1) is 12.4 Å². The zero-order chi connectivity index (χ0) is 14.3. The summed E-state index contributed by atoms with van der Waals surface area (Å²) in [7, 11) is 0. The maximum atomic E-state index is 15.0. The monoisotopic (exact) mass is 304 g/mol. The maximum absolute atomic E-state index is 15.0.